The minimum Gasteiger partial charge on any atom is -0.368 e. The zero-order valence-electron chi connectivity index (χ0n) is 14.6. The van der Waals surface area contributed by atoms with Gasteiger partial charge in [-0.05, 0) is 55.3 Å². The van der Waals surface area contributed by atoms with E-state index in [4.69, 9.17) is 0 Å². The lowest BCUT2D eigenvalue weighted by atomic mass is 10.1. The number of carbonyl (C=O) groups is 1. The maximum atomic E-state index is 12.4. The number of benzene rings is 1. The molecule has 0 radical (unpaired) electrons. The third-order valence-corrected chi connectivity index (χ3v) is 5.88. The summed E-state index contributed by atoms with van der Waals surface area (Å²) in [6.07, 6.45) is 2.64. The lowest BCUT2D eigenvalue weighted by molar-refractivity contribution is -0.131. The van der Waals surface area contributed by atoms with E-state index in [1.807, 2.05) is 4.90 Å². The standard InChI is InChI=1S/C20H26N2OS/c1-16-6-3-9-19(17(16)2)21-11-13-22(14-12-21)20(23)10-4-7-18-8-5-15-24-18/h3,5-6,8-9,15H,4,7,10-14H2,1-2H3. The van der Waals surface area contributed by atoms with Crippen molar-refractivity contribution in [2.75, 3.05) is 31.1 Å². The van der Waals surface area contributed by atoms with Crippen molar-refractivity contribution in [3.05, 3.63) is 51.7 Å². The van der Waals surface area contributed by atoms with Crippen molar-refractivity contribution in [2.45, 2.75) is 33.1 Å². The van der Waals surface area contributed by atoms with Gasteiger partial charge in [0.15, 0.2) is 0 Å². The topological polar surface area (TPSA) is 23.6 Å². The third kappa shape index (κ3) is 3.99. The molecule has 1 aliphatic rings. The third-order valence-electron chi connectivity index (χ3n) is 4.94. The average molecular weight is 343 g/mol. The smallest absolute Gasteiger partial charge is 0.222 e. The molecule has 0 atom stereocenters. The van der Waals surface area contributed by atoms with Gasteiger partial charge in [-0.15, -0.1) is 11.3 Å². The second-order valence-corrected chi connectivity index (χ2v) is 7.55. The Kier molecular flexibility index (Phi) is 5.56. The second kappa shape index (κ2) is 7.84. The van der Waals surface area contributed by atoms with E-state index in [-0.39, 0.29) is 0 Å². The van der Waals surface area contributed by atoms with Crippen LogP contribution in [0, 0.1) is 13.8 Å². The summed E-state index contributed by atoms with van der Waals surface area (Å²) in [5.41, 5.74) is 4.01. The molecule has 128 valence electrons. The van der Waals surface area contributed by atoms with Crippen molar-refractivity contribution in [1.82, 2.24) is 4.90 Å². The number of rotatable bonds is 5. The van der Waals surface area contributed by atoms with Crippen molar-refractivity contribution in [3.8, 4) is 0 Å². The van der Waals surface area contributed by atoms with Gasteiger partial charge < -0.3 is 9.80 Å². The number of amides is 1. The first-order valence-corrected chi connectivity index (χ1v) is 9.64. The van der Waals surface area contributed by atoms with E-state index in [9.17, 15) is 4.79 Å². The van der Waals surface area contributed by atoms with Crippen molar-refractivity contribution in [3.63, 3.8) is 0 Å². The van der Waals surface area contributed by atoms with Gasteiger partial charge in [-0.2, -0.15) is 0 Å². The van der Waals surface area contributed by atoms with Crippen molar-refractivity contribution in [1.29, 1.82) is 0 Å². The molecule has 0 spiro atoms. The first-order chi connectivity index (χ1) is 11.6. The summed E-state index contributed by atoms with van der Waals surface area (Å²) in [5, 5.41) is 2.10. The van der Waals surface area contributed by atoms with Crippen LogP contribution in [-0.2, 0) is 11.2 Å². The number of aryl methyl sites for hydroxylation is 2. The summed E-state index contributed by atoms with van der Waals surface area (Å²) in [5.74, 6) is 0.312. The molecule has 1 saturated heterocycles. The van der Waals surface area contributed by atoms with Crippen molar-refractivity contribution < 1.29 is 4.79 Å². The van der Waals surface area contributed by atoms with E-state index in [1.54, 1.807) is 11.3 Å². The van der Waals surface area contributed by atoms with Gasteiger partial charge in [0.25, 0.3) is 0 Å². The summed E-state index contributed by atoms with van der Waals surface area (Å²) < 4.78 is 0. The van der Waals surface area contributed by atoms with Crippen LogP contribution in [-0.4, -0.2) is 37.0 Å². The van der Waals surface area contributed by atoms with Gasteiger partial charge in [0.05, 0.1) is 0 Å². The molecule has 1 aromatic carbocycles. The highest BCUT2D eigenvalue weighted by atomic mass is 32.1. The number of thiophene rings is 1. The molecule has 0 saturated carbocycles. The van der Waals surface area contributed by atoms with E-state index in [2.05, 4.69) is 54.5 Å². The summed E-state index contributed by atoms with van der Waals surface area (Å²) >= 11 is 1.78. The number of nitrogens with zero attached hydrogens (tertiary/aromatic N) is 2. The largest absolute Gasteiger partial charge is 0.368 e. The lowest BCUT2D eigenvalue weighted by Gasteiger charge is -2.37. The zero-order valence-corrected chi connectivity index (χ0v) is 15.4. The molecule has 1 fully saturated rings. The van der Waals surface area contributed by atoms with Gasteiger partial charge in [0.2, 0.25) is 5.91 Å². The van der Waals surface area contributed by atoms with Crippen LogP contribution in [0.25, 0.3) is 0 Å². The summed E-state index contributed by atoms with van der Waals surface area (Å²) in [7, 11) is 0. The molecule has 0 unspecified atom stereocenters. The Hall–Kier alpha value is -1.81. The highest BCUT2D eigenvalue weighted by Crippen LogP contribution is 2.24. The summed E-state index contributed by atoms with van der Waals surface area (Å²) in [6.45, 7) is 7.89. The van der Waals surface area contributed by atoms with Gasteiger partial charge in [-0.25, -0.2) is 0 Å². The Labute approximate surface area is 148 Å². The number of piperazine rings is 1. The summed E-state index contributed by atoms with van der Waals surface area (Å²) in [4.78, 5) is 18.2. The van der Waals surface area contributed by atoms with Crippen LogP contribution in [0.15, 0.2) is 35.7 Å². The predicted octanol–water partition coefficient (Wildman–Crippen LogP) is 4.04. The molecule has 2 aromatic rings. The number of carbonyl (C=O) groups excluding carboxylic acids is 1. The van der Waals surface area contributed by atoms with Crippen molar-refractivity contribution >= 4 is 22.9 Å². The van der Waals surface area contributed by atoms with Crippen LogP contribution in [0.1, 0.15) is 28.8 Å². The quantitative estimate of drug-likeness (QED) is 0.819. The molecule has 24 heavy (non-hydrogen) atoms. The van der Waals surface area contributed by atoms with Gasteiger partial charge in [-0.3, -0.25) is 4.79 Å². The highest BCUT2D eigenvalue weighted by molar-refractivity contribution is 7.09. The minimum absolute atomic E-state index is 0.312. The normalized spacial score (nSPS) is 14.9. The maximum Gasteiger partial charge on any atom is 0.222 e. The molecular formula is C20H26N2OS. The maximum absolute atomic E-state index is 12.4. The second-order valence-electron chi connectivity index (χ2n) is 6.52. The van der Waals surface area contributed by atoms with Crippen LogP contribution in [0.2, 0.25) is 0 Å². The van der Waals surface area contributed by atoms with Gasteiger partial charge in [0, 0.05) is 43.2 Å². The van der Waals surface area contributed by atoms with Crippen LogP contribution < -0.4 is 4.90 Å². The molecule has 1 amide bonds. The fourth-order valence-electron chi connectivity index (χ4n) is 3.30. The summed E-state index contributed by atoms with van der Waals surface area (Å²) in [6, 6.07) is 10.7. The van der Waals surface area contributed by atoms with Crippen LogP contribution in [0.3, 0.4) is 0 Å². The van der Waals surface area contributed by atoms with E-state index < -0.39 is 0 Å². The molecule has 0 aliphatic carbocycles. The number of anilines is 1. The molecular weight excluding hydrogens is 316 g/mol. The molecule has 3 nitrogen and oxygen atoms in total. The molecule has 2 heterocycles. The monoisotopic (exact) mass is 342 g/mol. The van der Waals surface area contributed by atoms with Gasteiger partial charge >= 0.3 is 0 Å². The van der Waals surface area contributed by atoms with E-state index in [1.165, 1.54) is 21.7 Å². The lowest BCUT2D eigenvalue weighted by Crippen LogP contribution is -2.49. The van der Waals surface area contributed by atoms with Gasteiger partial charge in [-0.1, -0.05) is 18.2 Å². The average Bonchev–Trinajstić information content (AvgIpc) is 3.11. The fraction of sp³-hybridized carbons (Fsp3) is 0.450. The molecule has 0 bridgehead atoms. The Balaban J connectivity index is 1.47. The molecule has 1 aliphatic heterocycles. The first-order valence-electron chi connectivity index (χ1n) is 8.76. The number of hydrogen-bond acceptors (Lipinski definition) is 3. The van der Waals surface area contributed by atoms with Crippen LogP contribution in [0.4, 0.5) is 5.69 Å². The fourth-order valence-corrected chi connectivity index (χ4v) is 4.05. The molecule has 3 rings (SSSR count). The van der Waals surface area contributed by atoms with Crippen LogP contribution >= 0.6 is 11.3 Å². The van der Waals surface area contributed by atoms with E-state index in [0.717, 1.165) is 39.0 Å². The van der Waals surface area contributed by atoms with E-state index in [0.29, 0.717) is 12.3 Å². The Morgan fingerprint density at radius 2 is 1.88 bits per heavy atom. The van der Waals surface area contributed by atoms with E-state index >= 15 is 0 Å². The molecule has 1 aromatic heterocycles. The zero-order chi connectivity index (χ0) is 16.9. The Morgan fingerprint density at radius 1 is 1.08 bits per heavy atom. The SMILES string of the molecule is Cc1cccc(N2CCN(C(=O)CCCc3cccs3)CC2)c1C. The predicted molar refractivity (Wildman–Crippen MR) is 102 cm³/mol. The Bertz CT molecular complexity index is 673. The number of hydrogen-bond donors (Lipinski definition) is 0. The molecule has 4 heteroatoms. The van der Waals surface area contributed by atoms with Crippen molar-refractivity contribution in [2.24, 2.45) is 0 Å². The highest BCUT2D eigenvalue weighted by Gasteiger charge is 2.21. The van der Waals surface area contributed by atoms with Gasteiger partial charge in [0.1, 0.15) is 0 Å². The first kappa shape index (κ1) is 17.0. The minimum atomic E-state index is 0.312. The van der Waals surface area contributed by atoms with Crippen LogP contribution in [0.5, 0.6) is 0 Å². The molecule has 0 N–H and O–H groups in total. The Morgan fingerprint density at radius 3 is 2.58 bits per heavy atom.